The summed E-state index contributed by atoms with van der Waals surface area (Å²) in [6.07, 6.45) is 3.83. The molecule has 1 aromatic heterocycles. The number of methoxy groups -OCH3 is 1. The predicted molar refractivity (Wildman–Crippen MR) is 86.8 cm³/mol. The number of nitrogens with zero attached hydrogens (tertiary/aromatic N) is 1. The SMILES string of the molecule is COc1ccc(NCc2cncc3ccccc23)c(C)c1. The zero-order chi connectivity index (χ0) is 14.7. The monoisotopic (exact) mass is 278 g/mol. The van der Waals surface area contributed by atoms with Crippen LogP contribution in [0.25, 0.3) is 10.8 Å². The molecule has 0 saturated heterocycles. The second-order valence-corrected chi connectivity index (χ2v) is 5.05. The Balaban J connectivity index is 1.84. The van der Waals surface area contributed by atoms with Crippen molar-refractivity contribution >= 4 is 16.5 Å². The zero-order valence-corrected chi connectivity index (χ0v) is 12.3. The molecule has 0 spiro atoms. The number of nitrogens with one attached hydrogen (secondary N) is 1. The minimum absolute atomic E-state index is 0.752. The number of hydrogen-bond acceptors (Lipinski definition) is 3. The molecular formula is C18H18N2O. The molecule has 0 bridgehead atoms. The summed E-state index contributed by atoms with van der Waals surface area (Å²) < 4.78 is 5.23. The highest BCUT2D eigenvalue weighted by Crippen LogP contribution is 2.23. The Morgan fingerprint density at radius 3 is 2.76 bits per heavy atom. The lowest BCUT2D eigenvalue weighted by Crippen LogP contribution is -2.02. The number of aryl methyl sites for hydroxylation is 1. The van der Waals surface area contributed by atoms with Crippen LogP contribution >= 0.6 is 0 Å². The van der Waals surface area contributed by atoms with Gasteiger partial charge < -0.3 is 10.1 Å². The summed E-state index contributed by atoms with van der Waals surface area (Å²) in [5.41, 5.74) is 3.48. The molecule has 0 saturated carbocycles. The average Bonchev–Trinajstić information content (AvgIpc) is 2.53. The van der Waals surface area contributed by atoms with Crippen LogP contribution in [0.3, 0.4) is 0 Å². The molecule has 0 unspecified atom stereocenters. The highest BCUT2D eigenvalue weighted by molar-refractivity contribution is 5.84. The Morgan fingerprint density at radius 2 is 1.95 bits per heavy atom. The summed E-state index contributed by atoms with van der Waals surface area (Å²) in [6.45, 7) is 2.83. The maximum Gasteiger partial charge on any atom is 0.119 e. The third-order valence-electron chi connectivity index (χ3n) is 3.65. The number of fused-ring (bicyclic) bond motifs is 1. The van der Waals surface area contributed by atoms with Gasteiger partial charge in [0.2, 0.25) is 0 Å². The van der Waals surface area contributed by atoms with Gasteiger partial charge >= 0.3 is 0 Å². The van der Waals surface area contributed by atoms with Crippen LogP contribution in [-0.2, 0) is 6.54 Å². The van der Waals surface area contributed by atoms with E-state index in [4.69, 9.17) is 4.74 Å². The molecule has 2 aromatic carbocycles. The Hall–Kier alpha value is -2.55. The van der Waals surface area contributed by atoms with Gasteiger partial charge in [0.15, 0.2) is 0 Å². The normalized spacial score (nSPS) is 10.6. The molecule has 0 radical (unpaired) electrons. The lowest BCUT2D eigenvalue weighted by atomic mass is 10.1. The van der Waals surface area contributed by atoms with Crippen molar-refractivity contribution in [3.8, 4) is 5.75 Å². The van der Waals surface area contributed by atoms with Crippen LogP contribution in [0.2, 0.25) is 0 Å². The second-order valence-electron chi connectivity index (χ2n) is 5.05. The summed E-state index contributed by atoms with van der Waals surface area (Å²) in [5, 5.41) is 5.89. The van der Waals surface area contributed by atoms with Crippen molar-refractivity contribution in [2.75, 3.05) is 12.4 Å². The Labute approximate surface area is 124 Å². The van der Waals surface area contributed by atoms with E-state index in [2.05, 4.69) is 35.4 Å². The number of benzene rings is 2. The van der Waals surface area contributed by atoms with Crippen LogP contribution in [-0.4, -0.2) is 12.1 Å². The molecule has 3 heteroatoms. The molecular weight excluding hydrogens is 260 g/mol. The molecule has 21 heavy (non-hydrogen) atoms. The van der Waals surface area contributed by atoms with E-state index >= 15 is 0 Å². The van der Waals surface area contributed by atoms with Crippen molar-refractivity contribution in [2.45, 2.75) is 13.5 Å². The van der Waals surface area contributed by atoms with E-state index in [1.807, 2.05) is 36.7 Å². The van der Waals surface area contributed by atoms with Crippen LogP contribution in [0.15, 0.2) is 54.9 Å². The number of pyridine rings is 1. The van der Waals surface area contributed by atoms with Gasteiger partial charge in [0, 0.05) is 30.0 Å². The summed E-state index contributed by atoms with van der Waals surface area (Å²) in [4.78, 5) is 4.31. The van der Waals surface area contributed by atoms with Crippen molar-refractivity contribution in [2.24, 2.45) is 0 Å². The fourth-order valence-electron chi connectivity index (χ4n) is 2.47. The van der Waals surface area contributed by atoms with E-state index in [1.165, 1.54) is 21.9 Å². The summed E-state index contributed by atoms with van der Waals surface area (Å²) >= 11 is 0. The van der Waals surface area contributed by atoms with Gasteiger partial charge in [0.25, 0.3) is 0 Å². The van der Waals surface area contributed by atoms with Crippen LogP contribution in [0.5, 0.6) is 5.75 Å². The van der Waals surface area contributed by atoms with Gasteiger partial charge in [-0.15, -0.1) is 0 Å². The number of aromatic nitrogens is 1. The van der Waals surface area contributed by atoms with Crippen molar-refractivity contribution in [3.05, 3.63) is 66.0 Å². The first-order valence-electron chi connectivity index (χ1n) is 6.98. The topological polar surface area (TPSA) is 34.1 Å². The van der Waals surface area contributed by atoms with E-state index in [0.29, 0.717) is 0 Å². The highest BCUT2D eigenvalue weighted by atomic mass is 16.5. The second kappa shape index (κ2) is 5.83. The lowest BCUT2D eigenvalue weighted by molar-refractivity contribution is 0.414. The summed E-state index contributed by atoms with van der Waals surface area (Å²) in [6, 6.07) is 14.4. The molecule has 0 fully saturated rings. The molecule has 0 aliphatic heterocycles. The Morgan fingerprint density at radius 1 is 1.10 bits per heavy atom. The maximum atomic E-state index is 5.23. The molecule has 3 nitrogen and oxygen atoms in total. The quantitative estimate of drug-likeness (QED) is 0.778. The minimum atomic E-state index is 0.752. The van der Waals surface area contributed by atoms with Crippen LogP contribution in [0.1, 0.15) is 11.1 Å². The molecule has 0 aliphatic carbocycles. The molecule has 106 valence electrons. The highest BCUT2D eigenvalue weighted by Gasteiger charge is 2.03. The smallest absolute Gasteiger partial charge is 0.119 e. The number of anilines is 1. The van der Waals surface area contributed by atoms with Gasteiger partial charge in [-0.25, -0.2) is 0 Å². The van der Waals surface area contributed by atoms with Crippen molar-refractivity contribution < 1.29 is 4.74 Å². The molecule has 0 amide bonds. The van der Waals surface area contributed by atoms with E-state index in [1.54, 1.807) is 7.11 Å². The standard InChI is InChI=1S/C18H18N2O/c1-13-9-16(21-2)7-8-18(13)20-12-15-11-19-10-14-5-3-4-6-17(14)15/h3-11,20H,12H2,1-2H3. The molecule has 0 atom stereocenters. The maximum absolute atomic E-state index is 5.23. The molecule has 1 N–H and O–H groups in total. The lowest BCUT2D eigenvalue weighted by Gasteiger charge is -2.12. The zero-order valence-electron chi connectivity index (χ0n) is 12.3. The molecule has 3 aromatic rings. The van der Waals surface area contributed by atoms with E-state index in [9.17, 15) is 0 Å². The third kappa shape index (κ3) is 2.82. The van der Waals surface area contributed by atoms with Crippen LogP contribution < -0.4 is 10.1 Å². The fourth-order valence-corrected chi connectivity index (χ4v) is 2.47. The number of rotatable bonds is 4. The van der Waals surface area contributed by atoms with Gasteiger partial charge in [-0.05, 0) is 41.6 Å². The predicted octanol–water partition coefficient (Wildman–Crippen LogP) is 4.16. The summed E-state index contributed by atoms with van der Waals surface area (Å²) in [5.74, 6) is 0.880. The van der Waals surface area contributed by atoms with E-state index in [-0.39, 0.29) is 0 Å². The molecule has 3 rings (SSSR count). The first-order chi connectivity index (χ1) is 10.3. The minimum Gasteiger partial charge on any atom is -0.497 e. The van der Waals surface area contributed by atoms with Crippen LogP contribution in [0.4, 0.5) is 5.69 Å². The summed E-state index contributed by atoms with van der Waals surface area (Å²) in [7, 11) is 1.68. The Kier molecular flexibility index (Phi) is 3.73. The van der Waals surface area contributed by atoms with Gasteiger partial charge in [-0.2, -0.15) is 0 Å². The first kappa shape index (κ1) is 13.4. The van der Waals surface area contributed by atoms with Gasteiger partial charge in [-0.1, -0.05) is 24.3 Å². The van der Waals surface area contributed by atoms with Crippen LogP contribution in [0, 0.1) is 6.92 Å². The molecule has 1 heterocycles. The van der Waals surface area contributed by atoms with E-state index < -0.39 is 0 Å². The van der Waals surface area contributed by atoms with Gasteiger partial charge in [0.1, 0.15) is 5.75 Å². The number of ether oxygens (including phenoxy) is 1. The van der Waals surface area contributed by atoms with Crippen molar-refractivity contribution in [1.82, 2.24) is 4.98 Å². The molecule has 0 aliphatic rings. The average molecular weight is 278 g/mol. The fraction of sp³-hybridized carbons (Fsp3) is 0.167. The van der Waals surface area contributed by atoms with E-state index in [0.717, 1.165) is 18.0 Å². The Bertz CT molecular complexity index is 763. The third-order valence-corrected chi connectivity index (χ3v) is 3.65. The van der Waals surface area contributed by atoms with Crippen molar-refractivity contribution in [3.63, 3.8) is 0 Å². The van der Waals surface area contributed by atoms with Gasteiger partial charge in [-0.3, -0.25) is 4.98 Å². The van der Waals surface area contributed by atoms with Crippen molar-refractivity contribution in [1.29, 1.82) is 0 Å². The van der Waals surface area contributed by atoms with Gasteiger partial charge in [0.05, 0.1) is 7.11 Å². The largest absolute Gasteiger partial charge is 0.497 e. The first-order valence-corrected chi connectivity index (χ1v) is 6.98. The number of hydrogen-bond donors (Lipinski definition) is 1.